The maximum Gasteiger partial charge on any atom is 0.319 e. The summed E-state index contributed by atoms with van der Waals surface area (Å²) in [4.78, 5) is 27.1. The van der Waals surface area contributed by atoms with E-state index in [1.54, 1.807) is 36.5 Å². The number of methoxy groups -OCH3 is 2. The second kappa shape index (κ2) is 11.3. The van der Waals surface area contributed by atoms with Gasteiger partial charge in [-0.3, -0.25) is 9.78 Å². The summed E-state index contributed by atoms with van der Waals surface area (Å²) >= 11 is 6.46. The summed E-state index contributed by atoms with van der Waals surface area (Å²) in [6.07, 6.45) is 2.99. The van der Waals surface area contributed by atoms with Gasteiger partial charge in [-0.05, 0) is 54.4 Å². The number of carbonyl (C=O) groups excluding carboxylic acids is 1. The Kier molecular flexibility index (Phi) is 7.76. The van der Waals surface area contributed by atoms with Crippen molar-refractivity contribution in [2.24, 2.45) is 5.14 Å². The van der Waals surface area contributed by atoms with Crippen LogP contribution in [-0.4, -0.2) is 47.9 Å². The van der Waals surface area contributed by atoms with E-state index in [1.165, 1.54) is 26.5 Å². The van der Waals surface area contributed by atoms with Gasteiger partial charge < -0.3 is 14.0 Å². The zero-order valence-corrected chi connectivity index (χ0v) is 24.0. The van der Waals surface area contributed by atoms with Crippen molar-refractivity contribution in [3.05, 3.63) is 94.5 Å². The smallest absolute Gasteiger partial charge is 0.319 e. The van der Waals surface area contributed by atoms with Gasteiger partial charge in [-0.2, -0.15) is 4.98 Å². The average molecular weight is 592 g/mol. The quantitative estimate of drug-likeness (QED) is 0.245. The zero-order valence-electron chi connectivity index (χ0n) is 22.5. The number of pyridine rings is 1. The molecule has 0 aliphatic heterocycles. The van der Waals surface area contributed by atoms with Crippen molar-refractivity contribution in [2.45, 2.75) is 24.8 Å². The summed E-state index contributed by atoms with van der Waals surface area (Å²) in [7, 11) is -1.17. The highest BCUT2D eigenvalue weighted by Crippen LogP contribution is 2.41. The summed E-state index contributed by atoms with van der Waals surface area (Å²) in [6, 6.07) is 15.4. The largest absolute Gasteiger partial charge is 0.480 e. The molecule has 3 aromatic heterocycles. The monoisotopic (exact) mass is 591 g/mol. The Hall–Kier alpha value is -4.32. The molecular weight excluding hydrogens is 566 g/mol. The van der Waals surface area contributed by atoms with Crippen LogP contribution >= 0.6 is 11.6 Å². The fourth-order valence-corrected chi connectivity index (χ4v) is 5.85. The van der Waals surface area contributed by atoms with E-state index >= 15 is 0 Å². The van der Waals surface area contributed by atoms with E-state index in [0.29, 0.717) is 33.8 Å². The molecule has 0 saturated carbocycles. The van der Waals surface area contributed by atoms with Crippen molar-refractivity contribution in [3.63, 3.8) is 0 Å². The Labute approximate surface area is 241 Å². The maximum atomic E-state index is 14.3. The Morgan fingerprint density at radius 3 is 2.54 bits per heavy atom. The van der Waals surface area contributed by atoms with E-state index in [0.717, 1.165) is 16.8 Å². The van der Waals surface area contributed by atoms with Crippen LogP contribution in [0.25, 0.3) is 22.0 Å². The number of fused-ring (bicyclic) bond motifs is 1. The summed E-state index contributed by atoms with van der Waals surface area (Å²) in [5, 5.41) is 6.60. The van der Waals surface area contributed by atoms with Gasteiger partial charge in [0, 0.05) is 52.5 Å². The molecule has 0 fully saturated rings. The van der Waals surface area contributed by atoms with Crippen LogP contribution in [0.1, 0.15) is 27.3 Å². The number of aryl methyl sites for hydroxylation is 1. The second-order valence-corrected chi connectivity index (χ2v) is 11.3. The van der Waals surface area contributed by atoms with Crippen molar-refractivity contribution in [1.29, 1.82) is 0 Å². The van der Waals surface area contributed by atoms with Crippen molar-refractivity contribution >= 4 is 38.3 Å². The number of Topliss-reactive ketones (excluding diaryl/α,β-unsaturated/α-hetero) is 1. The molecule has 210 valence electrons. The molecule has 5 aromatic rings. The number of hydrogen-bond donors (Lipinski definition) is 1. The molecule has 2 N–H and O–H groups in total. The minimum atomic E-state index is -4.07. The zero-order chi connectivity index (χ0) is 29.3. The number of rotatable bonds is 9. The van der Waals surface area contributed by atoms with E-state index in [2.05, 4.69) is 15.0 Å². The summed E-state index contributed by atoms with van der Waals surface area (Å²) in [6.45, 7) is 2.21. The molecule has 0 radical (unpaired) electrons. The number of sulfonamides is 1. The minimum Gasteiger partial charge on any atom is -0.480 e. The fourth-order valence-electron chi connectivity index (χ4n) is 4.90. The fraction of sp³-hybridized carbons (Fsp3) is 0.172. The number of benzene rings is 2. The average Bonchev–Trinajstić information content (AvgIpc) is 3.25. The van der Waals surface area contributed by atoms with Gasteiger partial charge in [-0.1, -0.05) is 29.8 Å². The molecule has 0 aliphatic rings. The Morgan fingerprint density at radius 2 is 1.83 bits per heavy atom. The number of aromatic nitrogens is 4. The number of ketones is 1. The van der Waals surface area contributed by atoms with Gasteiger partial charge in [-0.25, -0.2) is 18.5 Å². The molecule has 0 spiro atoms. The van der Waals surface area contributed by atoms with Gasteiger partial charge in [0.2, 0.25) is 15.9 Å². The first-order chi connectivity index (χ1) is 19.6. The predicted octanol–water partition coefficient (Wildman–Crippen LogP) is 4.59. The van der Waals surface area contributed by atoms with Crippen LogP contribution in [0.15, 0.2) is 71.9 Å². The molecule has 5 rings (SSSR count). The van der Waals surface area contributed by atoms with Crippen molar-refractivity contribution in [1.82, 2.24) is 19.5 Å². The standard InChI is InChI=1S/C29H26ClN5O5S/c1-17-12-18(10-11-32-17)16-35-23-9-8-20(30)14-21(23)26(22-15-33-29(40-3)34-28(22)39-2)27(35)24(36)13-19-6-4-5-7-25(19)41(31,37)38/h4-12,14-15H,13,16H2,1-3H3,(H2,31,37,38). The second-order valence-electron chi connectivity index (χ2n) is 9.31. The van der Waals surface area contributed by atoms with Crippen LogP contribution in [0.3, 0.4) is 0 Å². The number of carbonyl (C=O) groups is 1. The first kappa shape index (κ1) is 28.2. The highest BCUT2D eigenvalue weighted by molar-refractivity contribution is 7.89. The van der Waals surface area contributed by atoms with Crippen LogP contribution < -0.4 is 14.6 Å². The van der Waals surface area contributed by atoms with E-state index in [1.807, 2.05) is 29.7 Å². The number of nitrogens with zero attached hydrogens (tertiary/aromatic N) is 4. The third kappa shape index (κ3) is 5.64. The molecule has 0 aliphatic carbocycles. The molecule has 0 atom stereocenters. The molecule has 0 unspecified atom stereocenters. The summed E-state index contributed by atoms with van der Waals surface area (Å²) in [5.41, 5.74) is 3.96. The topological polar surface area (TPSA) is 139 Å². The van der Waals surface area contributed by atoms with Crippen LogP contribution in [-0.2, 0) is 23.0 Å². The molecular formula is C29H26ClN5O5S. The lowest BCUT2D eigenvalue weighted by Crippen LogP contribution is -2.18. The third-order valence-corrected chi connectivity index (χ3v) is 7.84. The first-order valence-corrected chi connectivity index (χ1v) is 14.4. The highest BCUT2D eigenvalue weighted by atomic mass is 35.5. The Bertz CT molecular complexity index is 1910. The molecule has 12 heteroatoms. The van der Waals surface area contributed by atoms with E-state index < -0.39 is 10.0 Å². The van der Waals surface area contributed by atoms with Gasteiger partial charge >= 0.3 is 6.01 Å². The number of ether oxygens (including phenoxy) is 2. The minimum absolute atomic E-state index is 0.0922. The van der Waals surface area contributed by atoms with Crippen molar-refractivity contribution < 1.29 is 22.7 Å². The van der Waals surface area contributed by atoms with Crippen LogP contribution in [0, 0.1) is 6.92 Å². The lowest BCUT2D eigenvalue weighted by molar-refractivity contribution is 0.0985. The highest BCUT2D eigenvalue weighted by Gasteiger charge is 2.28. The van der Waals surface area contributed by atoms with Gasteiger partial charge in [-0.15, -0.1) is 0 Å². The van der Waals surface area contributed by atoms with Gasteiger partial charge in [0.05, 0.1) is 30.4 Å². The number of nitrogens with two attached hydrogens (primary N) is 1. The lowest BCUT2D eigenvalue weighted by atomic mass is 9.99. The van der Waals surface area contributed by atoms with Crippen molar-refractivity contribution in [2.75, 3.05) is 14.2 Å². The van der Waals surface area contributed by atoms with E-state index in [4.69, 9.17) is 26.2 Å². The molecule has 0 saturated heterocycles. The first-order valence-electron chi connectivity index (χ1n) is 12.4. The molecule has 0 bridgehead atoms. The van der Waals surface area contributed by atoms with E-state index in [9.17, 15) is 13.2 Å². The van der Waals surface area contributed by atoms with Crippen molar-refractivity contribution in [3.8, 4) is 23.0 Å². The summed E-state index contributed by atoms with van der Waals surface area (Å²) < 4.78 is 37.3. The normalized spacial score (nSPS) is 11.5. The molecule has 10 nitrogen and oxygen atoms in total. The van der Waals surface area contributed by atoms with Crippen LogP contribution in [0.4, 0.5) is 0 Å². The summed E-state index contributed by atoms with van der Waals surface area (Å²) in [5.74, 6) is -0.165. The van der Waals surface area contributed by atoms with Crippen LogP contribution in [0.2, 0.25) is 5.02 Å². The number of primary sulfonamides is 1. The SMILES string of the molecule is COc1ncc(-c2c(C(=O)Cc3ccccc3S(N)(=O)=O)n(Cc3ccnc(C)c3)c3ccc(Cl)cc23)c(OC)n1. The molecule has 41 heavy (non-hydrogen) atoms. The molecule has 2 aromatic carbocycles. The number of hydrogen-bond acceptors (Lipinski definition) is 8. The predicted molar refractivity (Wildman–Crippen MR) is 155 cm³/mol. The van der Waals surface area contributed by atoms with Gasteiger partial charge in [0.25, 0.3) is 0 Å². The molecule has 3 heterocycles. The van der Waals surface area contributed by atoms with Gasteiger partial charge in [0.1, 0.15) is 0 Å². The maximum absolute atomic E-state index is 14.3. The molecule has 0 amide bonds. The van der Waals surface area contributed by atoms with Gasteiger partial charge in [0.15, 0.2) is 5.78 Å². The Morgan fingerprint density at radius 1 is 1.05 bits per heavy atom. The van der Waals surface area contributed by atoms with E-state index in [-0.39, 0.29) is 34.6 Å². The van der Waals surface area contributed by atoms with Crippen LogP contribution in [0.5, 0.6) is 11.9 Å². The third-order valence-electron chi connectivity index (χ3n) is 6.60. The Balaban J connectivity index is 1.81. The number of halogens is 1. The lowest BCUT2D eigenvalue weighted by Gasteiger charge is -2.14.